The number of rotatable bonds is 9. The van der Waals surface area contributed by atoms with E-state index in [1.165, 1.54) is 0 Å². The fourth-order valence-electron chi connectivity index (χ4n) is 5.21. The van der Waals surface area contributed by atoms with Crippen LogP contribution < -0.4 is 11.1 Å². The predicted octanol–water partition coefficient (Wildman–Crippen LogP) is 2.43. The minimum Gasteiger partial charge on any atom is -0.368 e. The summed E-state index contributed by atoms with van der Waals surface area (Å²) in [6.07, 6.45) is 4.95. The second-order valence-electron chi connectivity index (χ2n) is 9.39. The zero-order valence-electron chi connectivity index (χ0n) is 18.4. The quantitative estimate of drug-likeness (QED) is 0.363. The molecule has 32 heavy (non-hydrogen) atoms. The van der Waals surface area contributed by atoms with Crippen molar-refractivity contribution < 1.29 is 19.2 Å². The third-order valence-corrected chi connectivity index (χ3v) is 7.98. The number of hydrogen-bond acceptors (Lipinski definition) is 4. The molecule has 3 aliphatic rings. The minimum atomic E-state index is -1.45. The lowest BCUT2D eigenvalue weighted by molar-refractivity contribution is -0.155. The number of primary amides is 1. The molecule has 3 amide bonds. The van der Waals surface area contributed by atoms with E-state index in [4.69, 9.17) is 5.73 Å². The molecule has 1 aromatic carbocycles. The highest BCUT2D eigenvalue weighted by molar-refractivity contribution is 14.1. The lowest BCUT2D eigenvalue weighted by Gasteiger charge is -2.42. The molecule has 1 aliphatic heterocycles. The largest absolute Gasteiger partial charge is 0.368 e. The Hall–Kier alpha value is -1.97. The van der Waals surface area contributed by atoms with Crippen molar-refractivity contribution >= 4 is 46.1 Å². The van der Waals surface area contributed by atoms with Gasteiger partial charge in [-0.3, -0.25) is 19.2 Å². The summed E-state index contributed by atoms with van der Waals surface area (Å²) in [7, 11) is 0. The van der Waals surface area contributed by atoms with Crippen LogP contribution in [0.15, 0.2) is 24.3 Å². The van der Waals surface area contributed by atoms with Crippen LogP contribution in [0.4, 0.5) is 0 Å². The van der Waals surface area contributed by atoms with Gasteiger partial charge in [0, 0.05) is 16.2 Å². The standard InChI is InChI=1S/C24H30IN3O4/c1-2-4-18(19(29)20(30)27-17-9-10-17)24(21(26)31)11-3-14-28(24)22(32)23(12-13-23)15-5-7-16(25)8-6-15/h5-8,17-18H,2-4,9-14H2,1H3,(H2,26,31)(H,27,30)/t18-,24?/m1/s1. The molecule has 2 atom stereocenters. The van der Waals surface area contributed by atoms with Gasteiger partial charge in [-0.15, -0.1) is 0 Å². The average Bonchev–Trinajstić information content (AvgIpc) is 3.70. The Bertz CT molecular complexity index is 939. The maximum atomic E-state index is 13.9. The molecule has 1 heterocycles. The molecule has 3 fully saturated rings. The summed E-state index contributed by atoms with van der Waals surface area (Å²) in [5, 5.41) is 2.75. The zero-order valence-corrected chi connectivity index (χ0v) is 20.5. The Kier molecular flexibility index (Phi) is 6.35. The van der Waals surface area contributed by atoms with Gasteiger partial charge in [-0.05, 0) is 85.2 Å². The molecule has 0 spiro atoms. The molecule has 0 aromatic heterocycles. The molecular formula is C24H30IN3O4. The summed E-state index contributed by atoms with van der Waals surface area (Å²) < 4.78 is 1.08. The molecule has 7 nitrogen and oxygen atoms in total. The summed E-state index contributed by atoms with van der Waals surface area (Å²) in [5.74, 6) is -3.05. The van der Waals surface area contributed by atoms with Gasteiger partial charge in [0.2, 0.25) is 17.6 Å². The van der Waals surface area contributed by atoms with Gasteiger partial charge in [-0.1, -0.05) is 25.5 Å². The Morgan fingerprint density at radius 1 is 1.16 bits per heavy atom. The van der Waals surface area contributed by atoms with E-state index >= 15 is 0 Å². The Labute approximate surface area is 202 Å². The first-order chi connectivity index (χ1) is 15.3. The molecule has 8 heteroatoms. The zero-order chi connectivity index (χ0) is 23.1. The Morgan fingerprint density at radius 3 is 2.34 bits per heavy atom. The van der Waals surface area contributed by atoms with Crippen LogP contribution in [0.5, 0.6) is 0 Å². The van der Waals surface area contributed by atoms with E-state index < -0.39 is 34.5 Å². The molecule has 4 rings (SSSR count). The highest BCUT2D eigenvalue weighted by Gasteiger charge is 2.62. The van der Waals surface area contributed by atoms with E-state index in [-0.39, 0.29) is 11.9 Å². The van der Waals surface area contributed by atoms with Gasteiger partial charge in [0.05, 0.1) is 11.3 Å². The third kappa shape index (κ3) is 3.95. The van der Waals surface area contributed by atoms with Gasteiger partial charge >= 0.3 is 0 Å². The van der Waals surface area contributed by atoms with Crippen molar-refractivity contribution in [3.05, 3.63) is 33.4 Å². The molecule has 1 aromatic rings. The number of nitrogens with zero attached hydrogens (tertiary/aromatic N) is 1. The van der Waals surface area contributed by atoms with Crippen molar-refractivity contribution in [2.75, 3.05) is 6.54 Å². The van der Waals surface area contributed by atoms with Gasteiger partial charge in [-0.25, -0.2) is 0 Å². The number of carbonyl (C=O) groups excluding carboxylic acids is 4. The van der Waals surface area contributed by atoms with Gasteiger partial charge in [0.1, 0.15) is 5.54 Å². The van der Waals surface area contributed by atoms with E-state index in [2.05, 4.69) is 27.9 Å². The number of benzene rings is 1. The molecule has 0 bridgehead atoms. The second kappa shape index (κ2) is 8.76. The molecule has 2 aliphatic carbocycles. The number of ketones is 1. The monoisotopic (exact) mass is 551 g/mol. The SMILES string of the molecule is CCC[C@H](C(=O)C(=O)NC1CC1)C1(C(N)=O)CCCN1C(=O)C1(c2ccc(I)cc2)CC1. The summed E-state index contributed by atoms with van der Waals surface area (Å²) in [5.41, 5.74) is 4.75. The van der Waals surface area contributed by atoms with E-state index in [0.29, 0.717) is 45.1 Å². The number of halogens is 1. The normalized spacial score (nSPS) is 24.6. The first-order valence-corrected chi connectivity index (χ1v) is 12.6. The number of nitrogens with one attached hydrogen (secondary N) is 1. The van der Waals surface area contributed by atoms with Crippen molar-refractivity contribution in [3.8, 4) is 0 Å². The van der Waals surface area contributed by atoms with E-state index in [1.807, 2.05) is 31.2 Å². The van der Waals surface area contributed by atoms with Gasteiger partial charge in [0.15, 0.2) is 0 Å². The fourth-order valence-corrected chi connectivity index (χ4v) is 5.57. The number of nitrogens with two attached hydrogens (primary N) is 1. The maximum Gasteiger partial charge on any atom is 0.287 e. The van der Waals surface area contributed by atoms with Crippen LogP contribution in [0, 0.1) is 9.49 Å². The van der Waals surface area contributed by atoms with Crippen LogP contribution in [-0.4, -0.2) is 46.5 Å². The first-order valence-electron chi connectivity index (χ1n) is 11.5. The van der Waals surface area contributed by atoms with Crippen LogP contribution >= 0.6 is 22.6 Å². The fraction of sp³-hybridized carbons (Fsp3) is 0.583. The average molecular weight is 551 g/mol. The van der Waals surface area contributed by atoms with Crippen LogP contribution in [0.25, 0.3) is 0 Å². The minimum absolute atomic E-state index is 0.0372. The van der Waals surface area contributed by atoms with Crippen molar-refractivity contribution in [2.24, 2.45) is 11.7 Å². The molecule has 2 saturated carbocycles. The second-order valence-corrected chi connectivity index (χ2v) is 10.6. The van der Waals surface area contributed by atoms with Crippen molar-refractivity contribution in [1.29, 1.82) is 0 Å². The molecule has 3 N–H and O–H groups in total. The summed E-state index contributed by atoms with van der Waals surface area (Å²) in [6, 6.07) is 7.91. The lowest BCUT2D eigenvalue weighted by atomic mass is 9.74. The summed E-state index contributed by atoms with van der Waals surface area (Å²) in [4.78, 5) is 54.4. The summed E-state index contributed by atoms with van der Waals surface area (Å²) >= 11 is 2.23. The lowest BCUT2D eigenvalue weighted by Crippen LogP contribution is -2.64. The molecule has 0 radical (unpaired) electrons. The number of likely N-dealkylation sites (tertiary alicyclic amines) is 1. The van der Waals surface area contributed by atoms with E-state index in [1.54, 1.807) is 4.90 Å². The molecule has 1 saturated heterocycles. The van der Waals surface area contributed by atoms with Crippen molar-refractivity contribution in [2.45, 2.75) is 75.3 Å². The third-order valence-electron chi connectivity index (χ3n) is 7.26. The number of carbonyl (C=O) groups is 4. The molecule has 1 unspecified atom stereocenters. The van der Waals surface area contributed by atoms with Crippen LogP contribution in [0.2, 0.25) is 0 Å². The van der Waals surface area contributed by atoms with Crippen molar-refractivity contribution in [3.63, 3.8) is 0 Å². The Balaban J connectivity index is 1.68. The molecule has 172 valence electrons. The first kappa shape index (κ1) is 23.2. The maximum absolute atomic E-state index is 13.9. The number of Topliss-reactive ketones (excluding diaryl/α,β-unsaturated/α-hetero) is 1. The topological polar surface area (TPSA) is 110 Å². The number of amides is 3. The molecular weight excluding hydrogens is 521 g/mol. The highest BCUT2D eigenvalue weighted by atomic mass is 127. The van der Waals surface area contributed by atoms with E-state index in [0.717, 1.165) is 22.0 Å². The highest BCUT2D eigenvalue weighted by Crippen LogP contribution is 2.52. The van der Waals surface area contributed by atoms with Gasteiger partial charge in [0.25, 0.3) is 5.91 Å². The smallest absolute Gasteiger partial charge is 0.287 e. The Morgan fingerprint density at radius 2 is 1.81 bits per heavy atom. The van der Waals surface area contributed by atoms with Gasteiger partial charge in [-0.2, -0.15) is 0 Å². The number of hydrogen-bond donors (Lipinski definition) is 2. The predicted molar refractivity (Wildman–Crippen MR) is 128 cm³/mol. The van der Waals surface area contributed by atoms with Crippen molar-refractivity contribution in [1.82, 2.24) is 10.2 Å². The van der Waals surface area contributed by atoms with Crippen LogP contribution in [0.1, 0.15) is 63.9 Å². The van der Waals surface area contributed by atoms with Crippen LogP contribution in [0.3, 0.4) is 0 Å². The van der Waals surface area contributed by atoms with E-state index in [9.17, 15) is 19.2 Å². The van der Waals surface area contributed by atoms with Gasteiger partial charge < -0.3 is 16.0 Å². The summed E-state index contributed by atoms with van der Waals surface area (Å²) in [6.45, 7) is 2.27. The van der Waals surface area contributed by atoms with Crippen LogP contribution in [-0.2, 0) is 24.6 Å².